The lowest BCUT2D eigenvalue weighted by Gasteiger charge is -2.12. The topological polar surface area (TPSA) is 38.8 Å². The van der Waals surface area contributed by atoms with E-state index in [9.17, 15) is 4.79 Å². The maximum Gasteiger partial charge on any atom is 0.309 e. The molecule has 0 aromatic heterocycles. The van der Waals surface area contributed by atoms with Crippen molar-refractivity contribution in [1.29, 1.82) is 0 Å². The summed E-state index contributed by atoms with van der Waals surface area (Å²) >= 11 is 2.32. The number of benzene rings is 2. The molecule has 0 radical (unpaired) electrons. The van der Waals surface area contributed by atoms with Gasteiger partial charge in [-0.25, -0.2) is 0 Å². The summed E-state index contributed by atoms with van der Waals surface area (Å²) in [6.07, 6.45) is 5.40. The first-order valence-corrected chi connectivity index (χ1v) is 9.94. The molecule has 2 rings (SSSR count). The summed E-state index contributed by atoms with van der Waals surface area (Å²) in [4.78, 5) is 13.7. The van der Waals surface area contributed by atoms with Gasteiger partial charge in [-0.3, -0.25) is 4.79 Å². The van der Waals surface area contributed by atoms with Gasteiger partial charge in [0.2, 0.25) is 0 Å². The minimum absolute atomic E-state index is 0.245. The normalized spacial score (nSPS) is 11.1. The molecule has 0 amide bonds. The van der Waals surface area contributed by atoms with Crippen LogP contribution in [0.5, 0.6) is 5.75 Å². The second-order valence-corrected chi connectivity index (χ2v) is 7.66. The van der Waals surface area contributed by atoms with Crippen molar-refractivity contribution in [2.24, 2.45) is 0 Å². The van der Waals surface area contributed by atoms with Gasteiger partial charge in [-0.15, -0.1) is 0 Å². The predicted molar refractivity (Wildman–Crippen MR) is 118 cm³/mol. The van der Waals surface area contributed by atoms with E-state index in [4.69, 9.17) is 9.47 Å². The van der Waals surface area contributed by atoms with E-state index >= 15 is 0 Å². The van der Waals surface area contributed by atoms with Crippen LogP contribution in [0.1, 0.15) is 23.1 Å². The second-order valence-electron chi connectivity index (χ2n) is 6.50. The van der Waals surface area contributed by atoms with E-state index in [1.54, 1.807) is 0 Å². The molecule has 5 heteroatoms. The van der Waals surface area contributed by atoms with Gasteiger partial charge in [0.15, 0.2) is 0 Å². The van der Waals surface area contributed by atoms with Crippen LogP contribution in [-0.2, 0) is 22.6 Å². The molecule has 0 bridgehead atoms. The molecule has 27 heavy (non-hydrogen) atoms. The van der Waals surface area contributed by atoms with Crippen molar-refractivity contribution in [3.63, 3.8) is 0 Å². The van der Waals surface area contributed by atoms with Gasteiger partial charge in [0.1, 0.15) is 12.4 Å². The minimum atomic E-state index is -0.245. The molecule has 0 aliphatic carbocycles. The van der Waals surface area contributed by atoms with Gasteiger partial charge in [0.05, 0.1) is 13.5 Å². The number of rotatable bonds is 9. The van der Waals surface area contributed by atoms with Crippen molar-refractivity contribution >= 4 is 34.6 Å². The molecule has 144 valence electrons. The Kier molecular flexibility index (Phi) is 8.81. The Morgan fingerprint density at radius 1 is 1.19 bits per heavy atom. The van der Waals surface area contributed by atoms with Crippen LogP contribution in [-0.4, -0.2) is 38.6 Å². The number of hydrogen-bond acceptors (Lipinski definition) is 4. The third kappa shape index (κ3) is 7.34. The molecule has 4 nitrogen and oxygen atoms in total. The van der Waals surface area contributed by atoms with Crippen molar-refractivity contribution in [2.75, 3.05) is 27.7 Å². The fourth-order valence-electron chi connectivity index (χ4n) is 2.52. The number of hydrogen-bond donors (Lipinski definition) is 0. The molecule has 0 heterocycles. The van der Waals surface area contributed by atoms with Crippen LogP contribution >= 0.6 is 22.6 Å². The zero-order valence-electron chi connectivity index (χ0n) is 16.1. The number of carbonyl (C=O) groups is 1. The van der Waals surface area contributed by atoms with Gasteiger partial charge in [0, 0.05) is 21.2 Å². The minimum Gasteiger partial charge on any atom is -0.488 e. The molecule has 2 aromatic carbocycles. The predicted octanol–water partition coefficient (Wildman–Crippen LogP) is 4.55. The van der Waals surface area contributed by atoms with Gasteiger partial charge in [-0.1, -0.05) is 36.4 Å². The van der Waals surface area contributed by atoms with E-state index in [0.29, 0.717) is 6.61 Å². The van der Waals surface area contributed by atoms with Crippen LogP contribution in [0.3, 0.4) is 0 Å². The Morgan fingerprint density at radius 3 is 2.67 bits per heavy atom. The zero-order valence-corrected chi connectivity index (χ0v) is 18.2. The summed E-state index contributed by atoms with van der Waals surface area (Å²) in [6.45, 7) is 1.49. The van der Waals surface area contributed by atoms with E-state index < -0.39 is 0 Å². The molecule has 0 spiro atoms. The SMILES string of the molecule is COC(=O)Cc1ccc(OCc2ccccc2I)c(C=CCCN(C)C)c1. The monoisotopic (exact) mass is 479 g/mol. The van der Waals surface area contributed by atoms with Crippen molar-refractivity contribution in [3.8, 4) is 5.75 Å². The standard InChI is InChI=1S/C22H26INO3/c1-24(2)13-7-6-8-18-14-17(15-22(25)26-3)11-12-21(18)27-16-19-9-4-5-10-20(19)23/h4-6,8-12,14H,7,13,15-16H2,1-3H3. The highest BCUT2D eigenvalue weighted by molar-refractivity contribution is 14.1. The molecule has 0 atom stereocenters. The van der Waals surface area contributed by atoms with Gasteiger partial charge < -0.3 is 14.4 Å². The molecule has 0 fully saturated rings. The number of nitrogens with zero attached hydrogens (tertiary/aromatic N) is 1. The van der Waals surface area contributed by atoms with Crippen molar-refractivity contribution in [1.82, 2.24) is 4.90 Å². The van der Waals surface area contributed by atoms with Gasteiger partial charge in [0.25, 0.3) is 0 Å². The Morgan fingerprint density at radius 2 is 1.96 bits per heavy atom. The quantitative estimate of drug-likeness (QED) is 0.391. The molecule has 2 aromatic rings. The Balaban J connectivity index is 2.17. The molecule has 0 aliphatic rings. The maximum atomic E-state index is 11.6. The van der Waals surface area contributed by atoms with Crippen LogP contribution < -0.4 is 4.74 Å². The van der Waals surface area contributed by atoms with E-state index in [-0.39, 0.29) is 12.4 Å². The van der Waals surface area contributed by atoms with Crippen LogP contribution in [0, 0.1) is 3.57 Å². The van der Waals surface area contributed by atoms with Gasteiger partial charge in [-0.2, -0.15) is 0 Å². The van der Waals surface area contributed by atoms with Crippen LogP contribution in [0.25, 0.3) is 6.08 Å². The lowest BCUT2D eigenvalue weighted by atomic mass is 10.1. The van der Waals surface area contributed by atoms with E-state index in [2.05, 4.69) is 65.9 Å². The summed E-state index contributed by atoms with van der Waals surface area (Å²) in [6, 6.07) is 14.0. The average Bonchev–Trinajstić information content (AvgIpc) is 2.65. The molecule has 0 saturated heterocycles. The van der Waals surface area contributed by atoms with E-state index in [1.807, 2.05) is 30.3 Å². The Labute approximate surface area is 175 Å². The highest BCUT2D eigenvalue weighted by atomic mass is 127. The smallest absolute Gasteiger partial charge is 0.309 e. The van der Waals surface area contributed by atoms with Crippen LogP contribution in [0.2, 0.25) is 0 Å². The number of methoxy groups -OCH3 is 1. The first-order valence-electron chi connectivity index (χ1n) is 8.87. The molecule has 0 saturated carbocycles. The zero-order chi connectivity index (χ0) is 19.6. The molecule has 0 N–H and O–H groups in total. The number of esters is 1. The van der Waals surface area contributed by atoms with Crippen molar-refractivity contribution < 1.29 is 14.3 Å². The second kappa shape index (κ2) is 11.1. The van der Waals surface area contributed by atoms with Crippen LogP contribution in [0.15, 0.2) is 48.5 Å². The molecular formula is C22H26INO3. The van der Waals surface area contributed by atoms with Gasteiger partial charge in [-0.05, 0) is 66.9 Å². The lowest BCUT2D eigenvalue weighted by molar-refractivity contribution is -0.139. The van der Waals surface area contributed by atoms with Crippen molar-refractivity contribution in [2.45, 2.75) is 19.4 Å². The molecular weight excluding hydrogens is 453 g/mol. The number of carbonyl (C=O) groups excluding carboxylic acids is 1. The number of ether oxygens (including phenoxy) is 2. The summed E-state index contributed by atoms with van der Waals surface area (Å²) < 4.78 is 12.0. The van der Waals surface area contributed by atoms with E-state index in [0.717, 1.165) is 35.4 Å². The highest BCUT2D eigenvalue weighted by Crippen LogP contribution is 2.24. The summed E-state index contributed by atoms with van der Waals surface area (Å²) in [5.41, 5.74) is 3.04. The Hall–Kier alpha value is -1.86. The molecule has 0 aliphatic heterocycles. The lowest BCUT2D eigenvalue weighted by Crippen LogP contribution is -2.11. The third-order valence-corrected chi connectivity index (χ3v) is 5.08. The first-order chi connectivity index (χ1) is 13.0. The Bertz CT molecular complexity index is 787. The average molecular weight is 479 g/mol. The maximum absolute atomic E-state index is 11.6. The third-order valence-electron chi connectivity index (χ3n) is 4.03. The largest absolute Gasteiger partial charge is 0.488 e. The summed E-state index contributed by atoms with van der Waals surface area (Å²) in [7, 11) is 5.52. The fourth-order valence-corrected chi connectivity index (χ4v) is 3.07. The first kappa shape index (κ1) is 21.4. The fraction of sp³-hybridized carbons (Fsp3) is 0.318. The summed E-state index contributed by atoms with van der Waals surface area (Å²) in [5, 5.41) is 0. The van der Waals surface area contributed by atoms with Crippen LogP contribution in [0.4, 0.5) is 0 Å². The van der Waals surface area contributed by atoms with Crippen molar-refractivity contribution in [3.05, 3.63) is 68.8 Å². The highest BCUT2D eigenvalue weighted by Gasteiger charge is 2.08. The molecule has 0 unspecified atom stereocenters. The number of halogens is 1. The summed E-state index contributed by atoms with van der Waals surface area (Å²) in [5.74, 6) is 0.564. The van der Waals surface area contributed by atoms with Gasteiger partial charge >= 0.3 is 5.97 Å². The van der Waals surface area contributed by atoms with E-state index in [1.165, 1.54) is 10.7 Å².